The molecular formula is C12H18BrN3. The van der Waals surface area contributed by atoms with Gasteiger partial charge in [0.1, 0.15) is 5.82 Å². The number of halogens is 1. The number of imidazole rings is 1. The van der Waals surface area contributed by atoms with E-state index in [1.54, 1.807) is 0 Å². The van der Waals surface area contributed by atoms with Gasteiger partial charge in [-0.15, -0.1) is 0 Å². The lowest BCUT2D eigenvalue weighted by atomic mass is 9.70. The lowest BCUT2D eigenvalue weighted by Gasteiger charge is -2.44. The van der Waals surface area contributed by atoms with E-state index in [9.17, 15) is 0 Å². The van der Waals surface area contributed by atoms with Gasteiger partial charge in [0, 0.05) is 37.4 Å². The molecule has 1 fully saturated rings. The molecular weight excluding hydrogens is 266 g/mol. The average Bonchev–Trinajstić information content (AvgIpc) is 2.70. The molecule has 0 amide bonds. The van der Waals surface area contributed by atoms with Crippen molar-refractivity contribution < 1.29 is 0 Å². The number of nitrogens with zero attached hydrogens (tertiary/aromatic N) is 3. The second-order valence-corrected chi connectivity index (χ2v) is 5.80. The Morgan fingerprint density at radius 2 is 2.25 bits per heavy atom. The van der Waals surface area contributed by atoms with Crippen LogP contribution in [0.3, 0.4) is 0 Å². The van der Waals surface area contributed by atoms with Crippen LogP contribution in [0, 0.1) is 5.41 Å². The molecule has 2 aliphatic rings. The second-order valence-electron chi connectivity index (χ2n) is 5.23. The third-order valence-corrected chi connectivity index (χ3v) is 5.27. The van der Waals surface area contributed by atoms with Crippen LogP contribution in [0.1, 0.15) is 25.1 Å². The molecule has 1 aliphatic heterocycles. The highest BCUT2D eigenvalue weighted by Crippen LogP contribution is 2.43. The first-order chi connectivity index (χ1) is 7.81. The predicted molar refractivity (Wildman–Crippen MR) is 67.6 cm³/mol. The van der Waals surface area contributed by atoms with Crippen molar-refractivity contribution in [1.29, 1.82) is 0 Å². The second kappa shape index (κ2) is 4.15. The maximum absolute atomic E-state index is 4.42. The van der Waals surface area contributed by atoms with Crippen LogP contribution >= 0.6 is 15.9 Å². The third kappa shape index (κ3) is 1.82. The van der Waals surface area contributed by atoms with Gasteiger partial charge in [-0.3, -0.25) is 4.90 Å². The summed E-state index contributed by atoms with van der Waals surface area (Å²) in [5.41, 5.74) is 0.564. The van der Waals surface area contributed by atoms with Crippen molar-refractivity contribution in [3.63, 3.8) is 0 Å². The lowest BCUT2D eigenvalue weighted by Crippen LogP contribution is -2.46. The van der Waals surface area contributed by atoms with Crippen LogP contribution < -0.4 is 0 Å². The van der Waals surface area contributed by atoms with E-state index in [2.05, 4.69) is 36.6 Å². The summed E-state index contributed by atoms with van der Waals surface area (Å²) in [6.07, 6.45) is 8.21. The third-order valence-electron chi connectivity index (χ3n) is 4.08. The molecule has 0 saturated heterocycles. The van der Waals surface area contributed by atoms with Crippen LogP contribution in [-0.4, -0.2) is 32.9 Å². The van der Waals surface area contributed by atoms with Crippen LogP contribution in [0.25, 0.3) is 0 Å². The van der Waals surface area contributed by atoms with Crippen LogP contribution in [0.2, 0.25) is 0 Å². The Morgan fingerprint density at radius 3 is 2.94 bits per heavy atom. The maximum atomic E-state index is 4.42. The first-order valence-electron chi connectivity index (χ1n) is 6.10. The van der Waals surface area contributed by atoms with Crippen LogP contribution in [0.15, 0.2) is 12.4 Å². The molecule has 4 heteroatoms. The number of hydrogen-bond acceptors (Lipinski definition) is 2. The van der Waals surface area contributed by atoms with Gasteiger partial charge >= 0.3 is 0 Å². The summed E-state index contributed by atoms with van der Waals surface area (Å²) in [5.74, 6) is 1.23. The van der Waals surface area contributed by atoms with Crippen molar-refractivity contribution in [2.75, 3.05) is 18.4 Å². The highest BCUT2D eigenvalue weighted by atomic mass is 79.9. The van der Waals surface area contributed by atoms with Gasteiger partial charge < -0.3 is 4.57 Å². The maximum Gasteiger partial charge on any atom is 0.122 e. The van der Waals surface area contributed by atoms with Gasteiger partial charge in [0.2, 0.25) is 0 Å². The van der Waals surface area contributed by atoms with E-state index in [-0.39, 0.29) is 0 Å². The smallest absolute Gasteiger partial charge is 0.122 e. The van der Waals surface area contributed by atoms with E-state index in [1.807, 2.05) is 6.20 Å². The first kappa shape index (κ1) is 10.8. The van der Waals surface area contributed by atoms with Gasteiger partial charge in [0.25, 0.3) is 0 Å². The topological polar surface area (TPSA) is 21.1 Å². The number of fused-ring (bicyclic) bond motifs is 1. The Balaban J connectivity index is 1.65. The molecule has 1 aliphatic carbocycles. The van der Waals surface area contributed by atoms with E-state index >= 15 is 0 Å². The highest BCUT2D eigenvalue weighted by Gasteiger charge is 2.38. The van der Waals surface area contributed by atoms with Crippen LogP contribution in [0.5, 0.6) is 0 Å². The Kier molecular flexibility index (Phi) is 2.80. The van der Waals surface area contributed by atoms with Crippen molar-refractivity contribution in [1.82, 2.24) is 14.5 Å². The molecule has 0 aromatic carbocycles. The molecule has 0 radical (unpaired) electrons. The highest BCUT2D eigenvalue weighted by molar-refractivity contribution is 9.09. The molecule has 1 saturated carbocycles. The van der Waals surface area contributed by atoms with Crippen molar-refractivity contribution >= 4 is 15.9 Å². The van der Waals surface area contributed by atoms with Gasteiger partial charge in [0.05, 0.1) is 6.54 Å². The first-order valence-corrected chi connectivity index (χ1v) is 7.22. The molecule has 0 N–H and O–H groups in total. The SMILES string of the molecule is BrCC1(CN2CCn3ccnc3C2)CCC1. The fourth-order valence-corrected chi connectivity index (χ4v) is 3.58. The summed E-state index contributed by atoms with van der Waals surface area (Å²) < 4.78 is 2.28. The van der Waals surface area contributed by atoms with Gasteiger partial charge in [-0.25, -0.2) is 4.98 Å². The molecule has 0 bridgehead atoms. The normalized spacial score (nSPS) is 23.8. The van der Waals surface area contributed by atoms with E-state index in [4.69, 9.17) is 0 Å². The average molecular weight is 284 g/mol. The molecule has 2 heterocycles. The standard InChI is InChI=1S/C12H18BrN3/c13-9-12(2-1-3-12)10-15-6-7-16-5-4-14-11(16)8-15/h4-5H,1-3,6-10H2. The largest absolute Gasteiger partial charge is 0.333 e. The predicted octanol–water partition coefficient (Wildman–Crippen LogP) is 2.26. The minimum absolute atomic E-state index is 0.564. The molecule has 3 rings (SSSR count). The Labute approximate surface area is 105 Å². The summed E-state index contributed by atoms with van der Waals surface area (Å²) in [6, 6.07) is 0. The van der Waals surface area contributed by atoms with Crippen LogP contribution in [0.4, 0.5) is 0 Å². The Hall–Kier alpha value is -0.350. The number of hydrogen-bond donors (Lipinski definition) is 0. The minimum atomic E-state index is 0.564. The zero-order valence-electron chi connectivity index (χ0n) is 9.53. The van der Waals surface area contributed by atoms with Gasteiger partial charge in [-0.05, 0) is 18.3 Å². The molecule has 16 heavy (non-hydrogen) atoms. The molecule has 0 spiro atoms. The van der Waals surface area contributed by atoms with Gasteiger partial charge in [-0.1, -0.05) is 22.4 Å². The quantitative estimate of drug-likeness (QED) is 0.794. The van der Waals surface area contributed by atoms with E-state index in [0.717, 1.165) is 18.4 Å². The fraction of sp³-hybridized carbons (Fsp3) is 0.750. The van der Waals surface area contributed by atoms with Crippen LogP contribution in [-0.2, 0) is 13.1 Å². The Morgan fingerprint density at radius 1 is 1.38 bits per heavy atom. The molecule has 0 atom stereocenters. The zero-order chi connectivity index (χ0) is 11.0. The molecule has 1 aromatic heterocycles. The number of rotatable bonds is 3. The minimum Gasteiger partial charge on any atom is -0.333 e. The van der Waals surface area contributed by atoms with Gasteiger partial charge in [-0.2, -0.15) is 0 Å². The molecule has 0 unspecified atom stereocenters. The summed E-state index contributed by atoms with van der Waals surface area (Å²) in [7, 11) is 0. The number of aromatic nitrogens is 2. The monoisotopic (exact) mass is 283 g/mol. The fourth-order valence-electron chi connectivity index (χ4n) is 2.84. The molecule has 1 aromatic rings. The summed E-state index contributed by atoms with van der Waals surface area (Å²) in [4.78, 5) is 6.99. The molecule has 3 nitrogen and oxygen atoms in total. The lowest BCUT2D eigenvalue weighted by molar-refractivity contribution is 0.0744. The van der Waals surface area contributed by atoms with Crippen molar-refractivity contribution in [2.45, 2.75) is 32.4 Å². The molecule has 88 valence electrons. The Bertz CT molecular complexity index is 365. The van der Waals surface area contributed by atoms with E-state index in [1.165, 1.54) is 38.2 Å². The van der Waals surface area contributed by atoms with Gasteiger partial charge in [0.15, 0.2) is 0 Å². The van der Waals surface area contributed by atoms with E-state index in [0.29, 0.717) is 5.41 Å². The summed E-state index contributed by atoms with van der Waals surface area (Å²) >= 11 is 3.69. The number of alkyl halides is 1. The summed E-state index contributed by atoms with van der Waals surface area (Å²) in [5, 5.41) is 1.16. The van der Waals surface area contributed by atoms with Crippen molar-refractivity contribution in [2.24, 2.45) is 5.41 Å². The van der Waals surface area contributed by atoms with Crippen molar-refractivity contribution in [3.8, 4) is 0 Å². The van der Waals surface area contributed by atoms with Crippen molar-refractivity contribution in [3.05, 3.63) is 18.2 Å². The summed E-state index contributed by atoms with van der Waals surface area (Å²) in [6.45, 7) is 4.55. The zero-order valence-corrected chi connectivity index (χ0v) is 11.1. The van der Waals surface area contributed by atoms with E-state index < -0.39 is 0 Å².